The summed E-state index contributed by atoms with van der Waals surface area (Å²) in [5, 5.41) is 3.01. The molecular formula is C17H22F3N3OS. The molecule has 2 rings (SSSR count). The van der Waals surface area contributed by atoms with Gasteiger partial charge < -0.3 is 9.88 Å². The number of amides is 1. The third kappa shape index (κ3) is 4.68. The van der Waals surface area contributed by atoms with Crippen LogP contribution in [0.3, 0.4) is 0 Å². The molecule has 1 unspecified atom stereocenters. The summed E-state index contributed by atoms with van der Waals surface area (Å²) in [5.74, 6) is -0.0991. The van der Waals surface area contributed by atoms with Crippen molar-refractivity contribution in [3.63, 3.8) is 0 Å². The molecule has 0 aliphatic carbocycles. The Labute approximate surface area is 149 Å². The summed E-state index contributed by atoms with van der Waals surface area (Å²) >= 11 is 1.27. The number of benzene rings is 1. The molecule has 1 N–H and O–H groups in total. The lowest BCUT2D eigenvalue weighted by Crippen LogP contribution is -2.31. The number of thioether (sulfide) groups is 1. The molecule has 0 saturated carbocycles. The second-order valence-electron chi connectivity index (χ2n) is 5.80. The Morgan fingerprint density at radius 2 is 2.04 bits per heavy atom. The van der Waals surface area contributed by atoms with Gasteiger partial charge in [-0.2, -0.15) is 13.2 Å². The van der Waals surface area contributed by atoms with E-state index in [0.29, 0.717) is 29.3 Å². The van der Waals surface area contributed by atoms with E-state index in [4.69, 9.17) is 0 Å². The molecule has 0 spiro atoms. The van der Waals surface area contributed by atoms with Gasteiger partial charge in [0, 0.05) is 13.1 Å². The number of nitrogens with one attached hydrogen (secondary N) is 1. The van der Waals surface area contributed by atoms with Crippen LogP contribution in [-0.4, -0.2) is 27.3 Å². The average molecular weight is 373 g/mol. The molecule has 1 amide bonds. The molecule has 0 aliphatic heterocycles. The highest BCUT2D eigenvalue weighted by Crippen LogP contribution is 2.33. The molecule has 0 fully saturated rings. The third-order valence-corrected chi connectivity index (χ3v) is 4.78. The summed E-state index contributed by atoms with van der Waals surface area (Å²) in [6.07, 6.45) is -2.79. The Morgan fingerprint density at radius 3 is 2.64 bits per heavy atom. The molecule has 25 heavy (non-hydrogen) atoms. The number of hydrogen-bond donors (Lipinski definition) is 1. The first-order valence-corrected chi connectivity index (χ1v) is 9.17. The number of alkyl halides is 3. The number of carbonyl (C=O) groups is 1. The van der Waals surface area contributed by atoms with E-state index in [0.717, 1.165) is 25.0 Å². The van der Waals surface area contributed by atoms with Gasteiger partial charge in [-0.15, -0.1) is 0 Å². The number of aryl methyl sites for hydroxylation is 1. The third-order valence-electron chi connectivity index (χ3n) is 3.69. The van der Waals surface area contributed by atoms with Gasteiger partial charge in [-0.05, 0) is 38.0 Å². The van der Waals surface area contributed by atoms with Gasteiger partial charge in [0.25, 0.3) is 0 Å². The van der Waals surface area contributed by atoms with Crippen LogP contribution in [0.1, 0.15) is 39.2 Å². The molecule has 1 aromatic heterocycles. The number of hydrogen-bond acceptors (Lipinski definition) is 3. The standard InChI is InChI=1S/C17H22F3N3OS/c1-4-8-21-15(24)11(3)25-16-22-13-7-6-12(17(18,19)20)10-14(13)23(16)9-5-2/h6-7,10-11H,4-5,8-9H2,1-3H3,(H,21,24). The zero-order chi connectivity index (χ0) is 18.6. The fourth-order valence-electron chi connectivity index (χ4n) is 2.41. The summed E-state index contributed by atoms with van der Waals surface area (Å²) in [6.45, 7) is 6.84. The van der Waals surface area contributed by atoms with Crippen molar-refractivity contribution in [2.75, 3.05) is 6.54 Å². The first-order valence-electron chi connectivity index (χ1n) is 8.29. The average Bonchev–Trinajstić information content (AvgIpc) is 2.89. The van der Waals surface area contributed by atoms with Gasteiger partial charge in [0.05, 0.1) is 21.8 Å². The van der Waals surface area contributed by atoms with E-state index in [9.17, 15) is 18.0 Å². The van der Waals surface area contributed by atoms with Crippen molar-refractivity contribution in [2.45, 2.75) is 56.7 Å². The van der Waals surface area contributed by atoms with Crippen LogP contribution in [0.25, 0.3) is 11.0 Å². The van der Waals surface area contributed by atoms with Crippen molar-refractivity contribution in [1.82, 2.24) is 14.9 Å². The Balaban J connectivity index is 2.36. The molecule has 138 valence electrons. The highest BCUT2D eigenvalue weighted by Gasteiger charge is 2.31. The van der Waals surface area contributed by atoms with E-state index in [2.05, 4.69) is 10.3 Å². The Hall–Kier alpha value is -1.70. The van der Waals surface area contributed by atoms with Crippen LogP contribution in [0.15, 0.2) is 23.4 Å². The number of fused-ring (bicyclic) bond motifs is 1. The van der Waals surface area contributed by atoms with Crippen LogP contribution in [0, 0.1) is 0 Å². The van der Waals surface area contributed by atoms with Gasteiger partial charge in [0.2, 0.25) is 5.91 Å². The van der Waals surface area contributed by atoms with Crippen molar-refractivity contribution in [3.05, 3.63) is 23.8 Å². The van der Waals surface area contributed by atoms with Crippen molar-refractivity contribution in [1.29, 1.82) is 0 Å². The lowest BCUT2D eigenvalue weighted by Gasteiger charge is -2.13. The molecule has 1 heterocycles. The highest BCUT2D eigenvalue weighted by atomic mass is 32.2. The molecule has 1 atom stereocenters. The fourth-order valence-corrected chi connectivity index (χ4v) is 3.38. The predicted molar refractivity (Wildman–Crippen MR) is 93.6 cm³/mol. The second-order valence-corrected chi connectivity index (χ2v) is 7.11. The number of nitrogens with zero attached hydrogens (tertiary/aromatic N) is 2. The van der Waals surface area contributed by atoms with Gasteiger partial charge in [0.1, 0.15) is 0 Å². The number of rotatable bonds is 7. The van der Waals surface area contributed by atoms with Crippen LogP contribution in [0.5, 0.6) is 0 Å². The summed E-state index contributed by atoms with van der Waals surface area (Å²) in [5.41, 5.74) is 0.257. The number of imidazole rings is 1. The van der Waals surface area contributed by atoms with Gasteiger partial charge in [-0.3, -0.25) is 4.79 Å². The molecule has 1 aromatic carbocycles. The van der Waals surface area contributed by atoms with Crippen LogP contribution < -0.4 is 5.32 Å². The van der Waals surface area contributed by atoms with E-state index in [-0.39, 0.29) is 11.2 Å². The largest absolute Gasteiger partial charge is 0.416 e. The summed E-state index contributed by atoms with van der Waals surface area (Å²) in [6, 6.07) is 3.55. The van der Waals surface area contributed by atoms with Crippen LogP contribution in [-0.2, 0) is 17.5 Å². The lowest BCUT2D eigenvalue weighted by molar-refractivity contribution is -0.137. The number of carbonyl (C=O) groups excluding carboxylic acids is 1. The fraction of sp³-hybridized carbons (Fsp3) is 0.529. The number of halogens is 3. The lowest BCUT2D eigenvalue weighted by atomic mass is 10.2. The molecule has 0 bridgehead atoms. The van der Waals surface area contributed by atoms with Crippen LogP contribution in [0.4, 0.5) is 13.2 Å². The van der Waals surface area contributed by atoms with Gasteiger partial charge in [-0.25, -0.2) is 4.98 Å². The predicted octanol–water partition coefficient (Wildman–Crippen LogP) is 4.47. The zero-order valence-corrected chi connectivity index (χ0v) is 15.3. The van der Waals surface area contributed by atoms with Crippen molar-refractivity contribution in [3.8, 4) is 0 Å². The Morgan fingerprint density at radius 1 is 1.32 bits per heavy atom. The summed E-state index contributed by atoms with van der Waals surface area (Å²) in [7, 11) is 0. The monoisotopic (exact) mass is 373 g/mol. The van der Waals surface area contributed by atoms with Gasteiger partial charge >= 0.3 is 6.18 Å². The minimum Gasteiger partial charge on any atom is -0.355 e. The van der Waals surface area contributed by atoms with E-state index in [1.165, 1.54) is 17.8 Å². The van der Waals surface area contributed by atoms with Gasteiger partial charge in [-0.1, -0.05) is 25.6 Å². The minimum absolute atomic E-state index is 0.0991. The maximum absolute atomic E-state index is 13.0. The van der Waals surface area contributed by atoms with Crippen LogP contribution >= 0.6 is 11.8 Å². The second kappa shape index (κ2) is 8.12. The quantitative estimate of drug-likeness (QED) is 0.729. The molecule has 0 radical (unpaired) electrons. The molecule has 0 aliphatic rings. The normalized spacial score (nSPS) is 13.2. The van der Waals surface area contributed by atoms with E-state index in [1.54, 1.807) is 11.5 Å². The van der Waals surface area contributed by atoms with Crippen molar-refractivity contribution >= 4 is 28.7 Å². The molecule has 4 nitrogen and oxygen atoms in total. The minimum atomic E-state index is -4.39. The van der Waals surface area contributed by atoms with E-state index >= 15 is 0 Å². The molecule has 8 heteroatoms. The highest BCUT2D eigenvalue weighted by molar-refractivity contribution is 8.00. The topological polar surface area (TPSA) is 46.9 Å². The summed E-state index contributed by atoms with van der Waals surface area (Å²) < 4.78 is 40.7. The molecule has 2 aromatic rings. The Bertz CT molecular complexity index is 743. The van der Waals surface area contributed by atoms with E-state index < -0.39 is 11.7 Å². The first-order chi connectivity index (χ1) is 11.8. The maximum Gasteiger partial charge on any atom is 0.416 e. The Kier molecular flexibility index (Phi) is 6.37. The number of aromatic nitrogens is 2. The summed E-state index contributed by atoms with van der Waals surface area (Å²) in [4.78, 5) is 16.5. The maximum atomic E-state index is 13.0. The van der Waals surface area contributed by atoms with Gasteiger partial charge in [0.15, 0.2) is 5.16 Å². The van der Waals surface area contributed by atoms with Crippen molar-refractivity contribution < 1.29 is 18.0 Å². The molecular weight excluding hydrogens is 351 g/mol. The van der Waals surface area contributed by atoms with E-state index in [1.807, 2.05) is 13.8 Å². The zero-order valence-electron chi connectivity index (χ0n) is 14.5. The van der Waals surface area contributed by atoms with Crippen LogP contribution in [0.2, 0.25) is 0 Å². The van der Waals surface area contributed by atoms with Crippen molar-refractivity contribution in [2.24, 2.45) is 0 Å². The SMILES string of the molecule is CCCNC(=O)C(C)Sc1nc2ccc(C(F)(F)F)cc2n1CCC. The first kappa shape index (κ1) is 19.6. The smallest absolute Gasteiger partial charge is 0.355 e. The molecule has 0 saturated heterocycles.